The van der Waals surface area contributed by atoms with Gasteiger partial charge in [0.1, 0.15) is 49.7 Å². The highest BCUT2D eigenvalue weighted by atomic mass is 31.1. The van der Waals surface area contributed by atoms with Gasteiger partial charge in [-0.1, -0.05) is 0 Å². The Bertz CT molecular complexity index is 1680. The highest BCUT2D eigenvalue weighted by Gasteiger charge is 2.45. The molecule has 7 atom stereocenters. The van der Waals surface area contributed by atoms with Gasteiger partial charge in [0.2, 0.25) is 5.95 Å². The molecule has 0 saturated carbocycles. The van der Waals surface area contributed by atoms with Gasteiger partial charge in [0, 0.05) is 15.6 Å². The lowest BCUT2D eigenvalue weighted by Crippen LogP contribution is -2.27. The Labute approximate surface area is 231 Å². The summed E-state index contributed by atoms with van der Waals surface area (Å²) in [7, 11) is -5.57. The fourth-order valence-electron chi connectivity index (χ4n) is 4.80. The van der Waals surface area contributed by atoms with Crippen LogP contribution in [0.3, 0.4) is 0 Å². The molecule has 0 spiro atoms. The Morgan fingerprint density at radius 2 is 1.78 bits per heavy atom. The van der Waals surface area contributed by atoms with Crippen molar-refractivity contribution in [3.63, 3.8) is 0 Å². The van der Waals surface area contributed by atoms with E-state index in [1.165, 1.54) is 17.2 Å². The largest absolute Gasteiger partial charge is 0.697 e. The number of hydrogen-bond acceptors (Lipinski definition) is 15. The lowest BCUT2D eigenvalue weighted by Gasteiger charge is -2.14. The Hall–Kier alpha value is -3.54. The van der Waals surface area contributed by atoms with Crippen molar-refractivity contribution in [1.82, 2.24) is 39.0 Å². The smallest absolute Gasteiger partial charge is 0.382 e. The molecule has 6 rings (SSSR count). The van der Waals surface area contributed by atoms with Crippen LogP contribution in [0.2, 0.25) is 0 Å². The molecule has 0 aromatic carbocycles. The second kappa shape index (κ2) is 11.4. The summed E-state index contributed by atoms with van der Waals surface area (Å²) < 4.78 is 55.0. The fraction of sp³-hybridized carbons (Fsp3) is 0.500. The predicted octanol–water partition coefficient (Wildman–Crippen LogP) is 0.814. The van der Waals surface area contributed by atoms with Gasteiger partial charge < -0.3 is 20.9 Å². The minimum absolute atomic E-state index is 0.0196. The van der Waals surface area contributed by atoms with Gasteiger partial charge in [0.15, 0.2) is 22.6 Å². The molecule has 6 N–H and O–H groups in total. The molecule has 4 aromatic rings. The van der Waals surface area contributed by atoms with E-state index in [4.69, 9.17) is 39.4 Å². The summed E-state index contributed by atoms with van der Waals surface area (Å²) in [5, 5.41) is 0. The number of H-pyrrole nitrogens is 1. The van der Waals surface area contributed by atoms with E-state index in [-0.39, 0.29) is 54.9 Å². The number of hydrogen-bond donors (Lipinski definition) is 4. The number of fused-ring (bicyclic) bond motifs is 2. The minimum Gasteiger partial charge on any atom is -0.382 e. The first-order chi connectivity index (χ1) is 19.8. The van der Waals surface area contributed by atoms with E-state index in [1.54, 1.807) is 10.9 Å². The zero-order valence-corrected chi connectivity index (χ0v) is 22.8. The van der Waals surface area contributed by atoms with Gasteiger partial charge >= 0.3 is 16.5 Å². The maximum Gasteiger partial charge on any atom is 0.697 e. The van der Waals surface area contributed by atoms with Crippen LogP contribution in [-0.2, 0) is 32.2 Å². The maximum atomic E-state index is 12.8. The molecule has 0 amide bonds. The van der Waals surface area contributed by atoms with E-state index in [0.717, 1.165) is 0 Å². The van der Waals surface area contributed by atoms with Crippen molar-refractivity contribution < 1.29 is 37.1 Å². The highest BCUT2D eigenvalue weighted by Crippen LogP contribution is 2.40. The van der Waals surface area contributed by atoms with Crippen molar-refractivity contribution >= 4 is 50.6 Å². The molecule has 4 unspecified atom stereocenters. The highest BCUT2D eigenvalue weighted by molar-refractivity contribution is 7.33. The van der Waals surface area contributed by atoms with Crippen molar-refractivity contribution in [2.24, 2.45) is 0 Å². The summed E-state index contributed by atoms with van der Waals surface area (Å²) in [5.74, 6) is 0.155. The van der Waals surface area contributed by atoms with E-state index in [0.29, 0.717) is 24.0 Å². The molecule has 4 aromatic heterocycles. The molecule has 21 heteroatoms. The summed E-state index contributed by atoms with van der Waals surface area (Å²) in [6, 6.07) is 0. The molecule has 0 bridgehead atoms. The van der Waals surface area contributed by atoms with Crippen molar-refractivity contribution in [2.75, 3.05) is 24.7 Å². The molecule has 0 radical (unpaired) electrons. The number of nitrogens with one attached hydrogen (secondary N) is 1. The minimum atomic E-state index is -2.92. The Morgan fingerprint density at radius 3 is 2.59 bits per heavy atom. The van der Waals surface area contributed by atoms with Crippen LogP contribution >= 0.6 is 16.5 Å². The lowest BCUT2D eigenvalue weighted by atomic mass is 10.2. The summed E-state index contributed by atoms with van der Waals surface area (Å²) in [6.45, 7) is -0.354. The van der Waals surface area contributed by atoms with Gasteiger partial charge in [-0.3, -0.25) is 18.9 Å². The average Bonchev–Trinajstić information content (AvgIpc) is 3.71. The molecule has 6 heterocycles. The molecule has 0 aliphatic carbocycles. The van der Waals surface area contributed by atoms with Gasteiger partial charge in [0.05, 0.1) is 18.8 Å². The Balaban J connectivity index is 1.08. The van der Waals surface area contributed by atoms with Crippen LogP contribution in [0.1, 0.15) is 31.7 Å². The first kappa shape index (κ1) is 27.6. The number of anilines is 2. The van der Waals surface area contributed by atoms with Gasteiger partial charge in [-0.25, -0.2) is 19.9 Å². The molecule has 2 saturated heterocycles. The number of nitrogens with two attached hydrogens (primary N) is 2. The van der Waals surface area contributed by atoms with E-state index in [2.05, 4.69) is 29.9 Å². The Morgan fingerprint density at radius 1 is 1.00 bits per heavy atom. The zero-order chi connectivity index (χ0) is 28.7. The van der Waals surface area contributed by atoms with Crippen molar-refractivity contribution in [1.29, 1.82) is 0 Å². The first-order valence-electron chi connectivity index (χ1n) is 12.3. The van der Waals surface area contributed by atoms with E-state index in [9.17, 15) is 13.9 Å². The fourth-order valence-corrected chi connectivity index (χ4v) is 5.87. The molecule has 216 valence electrons. The van der Waals surface area contributed by atoms with Crippen LogP contribution in [0.15, 0.2) is 23.8 Å². The van der Waals surface area contributed by atoms with Crippen LogP contribution in [0.5, 0.6) is 0 Å². The molecule has 19 nitrogen and oxygen atoms in total. The maximum absolute atomic E-state index is 12.8. The number of ether oxygens (including phenoxy) is 2. The number of imidazole rings is 2. The van der Waals surface area contributed by atoms with Gasteiger partial charge in [0.25, 0.3) is 5.56 Å². The van der Waals surface area contributed by atoms with Gasteiger partial charge in [-0.2, -0.15) is 4.98 Å². The molecule has 2 aliphatic heterocycles. The summed E-state index contributed by atoms with van der Waals surface area (Å²) in [4.78, 5) is 44.2. The number of aromatic nitrogens is 8. The van der Waals surface area contributed by atoms with Crippen LogP contribution in [0, 0.1) is 0 Å². The third-order valence-electron chi connectivity index (χ3n) is 6.66. The second-order valence-corrected chi connectivity index (χ2v) is 10.9. The van der Waals surface area contributed by atoms with Crippen molar-refractivity contribution in [2.45, 2.75) is 50.0 Å². The van der Waals surface area contributed by atoms with Gasteiger partial charge in [-0.15, -0.1) is 18.5 Å². The van der Waals surface area contributed by atoms with Crippen molar-refractivity contribution in [3.05, 3.63) is 29.3 Å². The van der Waals surface area contributed by atoms with Crippen LogP contribution in [0.25, 0.3) is 22.3 Å². The molecule has 2 aliphatic rings. The summed E-state index contributed by atoms with van der Waals surface area (Å²) >= 11 is 0. The average molecular weight is 610 g/mol. The Kier molecular flexibility index (Phi) is 7.67. The lowest BCUT2D eigenvalue weighted by molar-refractivity contribution is -0.0381. The molecular formula is C20H24N10O9P2+2. The van der Waals surface area contributed by atoms with E-state index >= 15 is 0 Å². The third-order valence-corrected chi connectivity index (χ3v) is 7.83. The quantitative estimate of drug-likeness (QED) is 0.181. The monoisotopic (exact) mass is 610 g/mol. The molecule has 2 fully saturated rings. The topological polar surface area (TPSA) is 260 Å². The normalized spacial score (nSPS) is 25.3. The van der Waals surface area contributed by atoms with Crippen molar-refractivity contribution in [3.8, 4) is 0 Å². The molecule has 41 heavy (non-hydrogen) atoms. The number of aromatic amines is 1. The van der Waals surface area contributed by atoms with E-state index in [1.807, 2.05) is 0 Å². The van der Waals surface area contributed by atoms with Gasteiger partial charge in [-0.05, 0) is 12.8 Å². The first-order valence-corrected chi connectivity index (χ1v) is 14.5. The number of rotatable bonds is 10. The summed E-state index contributed by atoms with van der Waals surface area (Å²) in [5.41, 5.74) is 12.2. The second-order valence-electron chi connectivity index (χ2n) is 9.21. The van der Waals surface area contributed by atoms with Crippen LogP contribution in [0.4, 0.5) is 11.8 Å². The number of nitrogen functional groups attached to an aromatic ring is 2. The standard InChI is InChI=1S/C20H22N10O9P2/c21-16-14-17(24-6-23-16)29(7-25-14)12-2-1-9(37-12)4-36-41(34)39-10-3-13(38-11(10)5-35-40(32)33)30-8-26-15-18(30)27-20(22)28-19(15)31/h6-13H,1-5H2,(H4-2,21,22,23,24,27,28,31,32,33)/p+2/t9?,10-,11?,12+,13+/m0/s1. The zero-order valence-electron chi connectivity index (χ0n) is 21.0. The van der Waals surface area contributed by atoms with E-state index < -0.39 is 40.5 Å². The SMILES string of the molecule is Nc1nc2c(ncn2[C@H]2C[C@H](O[P+](=O)OCC3CC[C@H](n4cnc5c(N)ncnc54)O3)C(CO[P+](=O)O)O2)c(=O)[nH]1. The van der Waals surface area contributed by atoms with Crippen LogP contribution in [-0.4, -0.2) is 75.5 Å². The third kappa shape index (κ3) is 5.66. The predicted molar refractivity (Wildman–Crippen MR) is 138 cm³/mol. The van der Waals surface area contributed by atoms with Crippen LogP contribution < -0.4 is 17.0 Å². The summed E-state index contributed by atoms with van der Waals surface area (Å²) in [6.07, 6.45) is 2.34. The molecular weight excluding hydrogens is 586 g/mol. The number of nitrogens with zero attached hydrogens (tertiary/aromatic N) is 7.